The van der Waals surface area contributed by atoms with Gasteiger partial charge in [0.1, 0.15) is 11.6 Å². The summed E-state index contributed by atoms with van der Waals surface area (Å²) in [6, 6.07) is 3.16. The molecule has 1 spiro atoms. The third-order valence-corrected chi connectivity index (χ3v) is 5.41. The van der Waals surface area contributed by atoms with Crippen molar-refractivity contribution < 1.29 is 23.5 Å². The van der Waals surface area contributed by atoms with Crippen molar-refractivity contribution in [3.8, 4) is 0 Å². The van der Waals surface area contributed by atoms with Crippen molar-refractivity contribution >= 4 is 11.8 Å². The smallest absolute Gasteiger partial charge is 0.227 e. The van der Waals surface area contributed by atoms with Crippen LogP contribution < -0.4 is 0 Å². The van der Waals surface area contributed by atoms with Crippen molar-refractivity contribution in [1.82, 2.24) is 9.80 Å². The van der Waals surface area contributed by atoms with Gasteiger partial charge in [0.25, 0.3) is 0 Å². The monoisotopic (exact) mass is 366 g/mol. The van der Waals surface area contributed by atoms with Gasteiger partial charge in [-0.1, -0.05) is 0 Å². The molecule has 5 nitrogen and oxygen atoms in total. The van der Waals surface area contributed by atoms with Crippen LogP contribution in [0.5, 0.6) is 0 Å². The van der Waals surface area contributed by atoms with Gasteiger partial charge in [0.15, 0.2) is 0 Å². The number of β-amino-alcohol motifs (C(OH)–C–C–N with tert-alkyl or cyclic N) is 1. The third-order valence-electron chi connectivity index (χ3n) is 5.41. The first-order valence-electron chi connectivity index (χ1n) is 9.02. The number of aliphatic hydroxyl groups is 1. The van der Waals surface area contributed by atoms with Crippen molar-refractivity contribution in [2.75, 3.05) is 32.8 Å². The molecule has 2 saturated heterocycles. The van der Waals surface area contributed by atoms with Crippen LogP contribution in [0.25, 0.3) is 0 Å². The number of rotatable bonds is 4. The number of carbonyl (C=O) groups is 2. The summed E-state index contributed by atoms with van der Waals surface area (Å²) in [7, 11) is 0. The third kappa shape index (κ3) is 4.20. The first-order chi connectivity index (χ1) is 12.4. The predicted octanol–water partition coefficient (Wildman–Crippen LogP) is 1.73. The van der Waals surface area contributed by atoms with Crippen LogP contribution in [0.2, 0.25) is 0 Å². The summed E-state index contributed by atoms with van der Waals surface area (Å²) in [6.45, 7) is 1.95. The van der Waals surface area contributed by atoms with E-state index in [4.69, 9.17) is 5.11 Å². The van der Waals surface area contributed by atoms with Gasteiger partial charge < -0.3 is 14.9 Å². The molecule has 2 heterocycles. The van der Waals surface area contributed by atoms with E-state index in [2.05, 4.69) is 0 Å². The highest BCUT2D eigenvalue weighted by molar-refractivity contribution is 5.79. The standard InChI is InChI=1S/C19H24F2N2O3/c20-15-8-14(9-16(21)11-15)10-18(26)22-5-1-3-19(12-22)4-2-17(25)23(13-19)6-7-24/h8-9,11,24H,1-7,10,12-13H2/t19-/m1/s1. The van der Waals surface area contributed by atoms with E-state index >= 15 is 0 Å². The lowest BCUT2D eigenvalue weighted by Crippen LogP contribution is -2.55. The molecule has 2 aliphatic rings. The minimum Gasteiger partial charge on any atom is -0.395 e. The number of benzene rings is 1. The Kier molecular flexibility index (Phi) is 5.55. The number of halogens is 2. The maximum atomic E-state index is 13.3. The average molecular weight is 366 g/mol. The largest absolute Gasteiger partial charge is 0.395 e. The van der Waals surface area contributed by atoms with E-state index in [0.717, 1.165) is 25.3 Å². The highest BCUT2D eigenvalue weighted by Crippen LogP contribution is 2.39. The second kappa shape index (κ2) is 7.70. The van der Waals surface area contributed by atoms with E-state index in [1.165, 1.54) is 12.1 Å². The van der Waals surface area contributed by atoms with Crippen LogP contribution in [0.1, 0.15) is 31.2 Å². The highest BCUT2D eigenvalue weighted by Gasteiger charge is 2.42. The first-order valence-corrected chi connectivity index (χ1v) is 9.02. The zero-order chi connectivity index (χ0) is 18.7. The van der Waals surface area contributed by atoms with Gasteiger partial charge in [-0.2, -0.15) is 0 Å². The molecule has 0 unspecified atom stereocenters. The van der Waals surface area contributed by atoms with Crippen molar-refractivity contribution in [2.24, 2.45) is 5.41 Å². The Labute approximate surface area is 151 Å². The quantitative estimate of drug-likeness (QED) is 0.883. The molecule has 1 atom stereocenters. The SMILES string of the molecule is O=C1CC[C@@]2(CCCN(C(=O)Cc3cc(F)cc(F)c3)C2)CN1CCO. The van der Waals surface area contributed by atoms with Crippen LogP contribution in [-0.2, 0) is 16.0 Å². The molecule has 26 heavy (non-hydrogen) atoms. The number of likely N-dealkylation sites (tertiary alicyclic amines) is 2. The number of hydrogen-bond donors (Lipinski definition) is 1. The second-order valence-electron chi connectivity index (χ2n) is 7.41. The Hall–Kier alpha value is -2.02. The molecular weight excluding hydrogens is 342 g/mol. The van der Waals surface area contributed by atoms with Crippen molar-refractivity contribution in [3.63, 3.8) is 0 Å². The molecule has 2 amide bonds. The van der Waals surface area contributed by atoms with E-state index in [1.54, 1.807) is 9.80 Å². The Morgan fingerprint density at radius 2 is 1.88 bits per heavy atom. The molecule has 1 N–H and O–H groups in total. The molecule has 2 fully saturated rings. The van der Waals surface area contributed by atoms with Gasteiger partial charge in [0.2, 0.25) is 11.8 Å². The molecule has 3 rings (SSSR count). The van der Waals surface area contributed by atoms with Gasteiger partial charge in [0, 0.05) is 44.1 Å². The molecular formula is C19H24F2N2O3. The van der Waals surface area contributed by atoms with Gasteiger partial charge in [-0.25, -0.2) is 8.78 Å². The molecule has 2 aliphatic heterocycles. The van der Waals surface area contributed by atoms with Crippen LogP contribution in [0.4, 0.5) is 8.78 Å². The molecule has 7 heteroatoms. The Balaban J connectivity index is 1.67. The van der Waals surface area contributed by atoms with Gasteiger partial charge in [-0.15, -0.1) is 0 Å². The van der Waals surface area contributed by atoms with Gasteiger partial charge in [-0.3, -0.25) is 9.59 Å². The topological polar surface area (TPSA) is 60.9 Å². The number of aliphatic hydroxyl groups excluding tert-OH is 1. The van der Waals surface area contributed by atoms with Gasteiger partial charge >= 0.3 is 0 Å². The fourth-order valence-corrected chi connectivity index (χ4v) is 4.18. The van der Waals surface area contributed by atoms with Crippen molar-refractivity contribution in [3.05, 3.63) is 35.4 Å². The fraction of sp³-hybridized carbons (Fsp3) is 0.579. The minimum absolute atomic E-state index is 0.0377. The minimum atomic E-state index is -0.687. The molecule has 0 radical (unpaired) electrons. The lowest BCUT2D eigenvalue weighted by Gasteiger charge is -2.48. The Morgan fingerprint density at radius 1 is 1.15 bits per heavy atom. The summed E-state index contributed by atoms with van der Waals surface area (Å²) in [5, 5.41) is 9.15. The van der Waals surface area contributed by atoms with Crippen LogP contribution in [0.15, 0.2) is 18.2 Å². The molecule has 142 valence electrons. The highest BCUT2D eigenvalue weighted by atomic mass is 19.1. The number of nitrogens with zero attached hydrogens (tertiary/aromatic N) is 2. The van der Waals surface area contributed by atoms with E-state index in [-0.39, 0.29) is 30.3 Å². The average Bonchev–Trinajstić information content (AvgIpc) is 2.58. The summed E-state index contributed by atoms with van der Waals surface area (Å²) in [5.74, 6) is -1.48. The first kappa shape index (κ1) is 18.8. The van der Waals surface area contributed by atoms with E-state index in [1.807, 2.05) is 0 Å². The molecule has 1 aromatic rings. The van der Waals surface area contributed by atoms with Crippen molar-refractivity contribution in [1.29, 1.82) is 0 Å². The van der Waals surface area contributed by atoms with Gasteiger partial charge in [0.05, 0.1) is 13.0 Å². The summed E-state index contributed by atoms with van der Waals surface area (Å²) >= 11 is 0. The van der Waals surface area contributed by atoms with Crippen LogP contribution >= 0.6 is 0 Å². The molecule has 0 aliphatic carbocycles. The predicted molar refractivity (Wildman–Crippen MR) is 91.2 cm³/mol. The lowest BCUT2D eigenvalue weighted by atomic mass is 9.73. The maximum absolute atomic E-state index is 13.3. The lowest BCUT2D eigenvalue weighted by molar-refractivity contribution is -0.143. The molecule has 0 aromatic heterocycles. The van der Waals surface area contributed by atoms with E-state index in [9.17, 15) is 18.4 Å². The number of amides is 2. The molecule has 0 bridgehead atoms. The molecule has 1 aromatic carbocycles. The van der Waals surface area contributed by atoms with E-state index in [0.29, 0.717) is 38.2 Å². The van der Waals surface area contributed by atoms with E-state index < -0.39 is 11.6 Å². The Morgan fingerprint density at radius 3 is 2.58 bits per heavy atom. The second-order valence-corrected chi connectivity index (χ2v) is 7.41. The zero-order valence-electron chi connectivity index (χ0n) is 14.7. The number of carbonyl (C=O) groups excluding carboxylic acids is 2. The Bertz CT molecular complexity index is 677. The van der Waals surface area contributed by atoms with Crippen LogP contribution in [0, 0.1) is 17.0 Å². The number of hydrogen-bond acceptors (Lipinski definition) is 3. The normalized spacial score (nSPS) is 23.6. The summed E-state index contributed by atoms with van der Waals surface area (Å²) in [6.07, 6.45) is 2.89. The fourth-order valence-electron chi connectivity index (χ4n) is 4.18. The van der Waals surface area contributed by atoms with Crippen molar-refractivity contribution in [2.45, 2.75) is 32.1 Å². The summed E-state index contributed by atoms with van der Waals surface area (Å²) in [5.41, 5.74) is 0.178. The zero-order valence-corrected chi connectivity index (χ0v) is 14.7. The summed E-state index contributed by atoms with van der Waals surface area (Å²) < 4.78 is 26.7. The number of piperidine rings is 2. The van der Waals surface area contributed by atoms with Crippen LogP contribution in [-0.4, -0.2) is 59.5 Å². The van der Waals surface area contributed by atoms with Crippen LogP contribution in [0.3, 0.4) is 0 Å². The summed E-state index contributed by atoms with van der Waals surface area (Å²) in [4.78, 5) is 28.1. The maximum Gasteiger partial charge on any atom is 0.227 e. The van der Waals surface area contributed by atoms with Gasteiger partial charge in [-0.05, 0) is 37.0 Å². The molecule has 0 saturated carbocycles.